The highest BCUT2D eigenvalue weighted by Gasteiger charge is 2.72. The monoisotopic (exact) mass is 479 g/mol. The fourth-order valence-corrected chi connectivity index (χ4v) is 6.70. The van der Waals surface area contributed by atoms with E-state index in [-0.39, 0.29) is 11.2 Å². The van der Waals surface area contributed by atoms with Crippen LogP contribution in [0.2, 0.25) is 0 Å². The van der Waals surface area contributed by atoms with E-state index in [2.05, 4.69) is 37.9 Å². The third-order valence-electron chi connectivity index (χ3n) is 9.01. The average Bonchev–Trinajstić information content (AvgIpc) is 3.10. The van der Waals surface area contributed by atoms with Crippen LogP contribution in [0.5, 0.6) is 5.75 Å². The van der Waals surface area contributed by atoms with Crippen LogP contribution in [0.15, 0.2) is 42.6 Å². The van der Waals surface area contributed by atoms with Crippen molar-refractivity contribution in [3.63, 3.8) is 0 Å². The summed E-state index contributed by atoms with van der Waals surface area (Å²) in [5.74, 6) is 1.07. The van der Waals surface area contributed by atoms with Crippen LogP contribution >= 0.6 is 0 Å². The quantitative estimate of drug-likeness (QED) is 0.542. The fraction of sp³-hybridized carbons (Fsp3) is 0.462. The van der Waals surface area contributed by atoms with E-state index in [0.717, 1.165) is 23.7 Å². The molecule has 6 nitrogen and oxygen atoms in total. The summed E-state index contributed by atoms with van der Waals surface area (Å²) in [7, 11) is -0.601. The first-order chi connectivity index (χ1) is 16.5. The lowest BCUT2D eigenvalue weighted by Gasteiger charge is -2.67. The van der Waals surface area contributed by atoms with Gasteiger partial charge in [-0.05, 0) is 73.2 Å². The molecule has 2 heterocycles. The molecule has 2 N–H and O–H groups in total. The molecule has 0 amide bonds. The number of nitrogens with two attached hydrogens (primary N) is 1. The number of rotatable bonds is 4. The smallest absolute Gasteiger partial charge is 0.434 e. The van der Waals surface area contributed by atoms with Gasteiger partial charge in [0.05, 0.1) is 28.6 Å². The van der Waals surface area contributed by atoms with E-state index in [9.17, 15) is 8.78 Å². The number of nitrogen functional groups attached to an aromatic ring is 1. The second kappa shape index (κ2) is 7.37. The largest absolute Gasteiger partial charge is 0.494 e. The van der Waals surface area contributed by atoms with Gasteiger partial charge in [-0.15, -0.1) is 0 Å². The van der Waals surface area contributed by atoms with E-state index in [4.69, 9.17) is 19.8 Å². The van der Waals surface area contributed by atoms with Gasteiger partial charge in [-0.3, -0.25) is 0 Å². The number of nitrogens with zero attached hydrogens (tertiary/aromatic N) is 2. The summed E-state index contributed by atoms with van der Waals surface area (Å²) < 4.78 is 44.6. The van der Waals surface area contributed by atoms with Crippen molar-refractivity contribution in [3.8, 4) is 16.9 Å². The van der Waals surface area contributed by atoms with Crippen molar-refractivity contribution in [1.29, 1.82) is 0 Å². The molecule has 1 aromatic heterocycles. The van der Waals surface area contributed by atoms with E-state index in [0.29, 0.717) is 34.2 Å². The number of fused-ring (bicyclic) bond motifs is 1. The van der Waals surface area contributed by atoms with Crippen molar-refractivity contribution in [1.82, 2.24) is 10.2 Å². The van der Waals surface area contributed by atoms with Gasteiger partial charge in [-0.1, -0.05) is 32.0 Å². The average molecular weight is 479 g/mol. The van der Waals surface area contributed by atoms with E-state index in [1.807, 2.05) is 18.2 Å². The maximum Gasteiger partial charge on any atom is 0.494 e. The first kappa shape index (κ1) is 22.7. The van der Waals surface area contributed by atoms with Crippen molar-refractivity contribution in [2.75, 3.05) is 5.73 Å². The first-order valence-corrected chi connectivity index (χ1v) is 12.0. The Morgan fingerprint density at radius 1 is 1.11 bits per heavy atom. The van der Waals surface area contributed by atoms with Gasteiger partial charge in [-0.2, -0.15) is 19.0 Å². The van der Waals surface area contributed by atoms with E-state index >= 15 is 0 Å². The summed E-state index contributed by atoms with van der Waals surface area (Å²) in [6.07, 6.45) is 3.56. The second-order valence-electron chi connectivity index (χ2n) is 11.1. The molecule has 0 unspecified atom stereocenters. The molecule has 0 radical (unpaired) electrons. The summed E-state index contributed by atoms with van der Waals surface area (Å²) in [6.45, 7) is 5.98. The zero-order valence-corrected chi connectivity index (χ0v) is 20.2. The number of benzene rings is 2. The Labute approximate surface area is 203 Å². The molecule has 3 saturated carbocycles. The molecule has 1 aliphatic heterocycles. The standard InChI is InChI=1S/C26H28BF2N3O3/c1-24(2)15-10-22(24)26(4)25(3,12-15)34-27(35-26)16-6-8-21(33-23(28)29)18(11-16)14-5-7-17-19(30)13-31-32-20(17)9-14/h5-9,11,13,15,22-23H,10,12H2,1-4H3,(H2,30,32)/t15-,22-,25+,26-/m1/s1. The number of ether oxygens (including phenoxy) is 1. The van der Waals surface area contributed by atoms with Crippen LogP contribution in [0, 0.1) is 17.3 Å². The van der Waals surface area contributed by atoms with Gasteiger partial charge in [-0.25, -0.2) is 0 Å². The molecule has 4 aliphatic rings. The van der Waals surface area contributed by atoms with E-state index in [1.54, 1.807) is 18.2 Å². The van der Waals surface area contributed by atoms with Crippen LogP contribution in [0.4, 0.5) is 14.5 Å². The number of hydrogen-bond donors (Lipinski definition) is 1. The van der Waals surface area contributed by atoms with Gasteiger partial charge in [0, 0.05) is 10.9 Å². The van der Waals surface area contributed by atoms with E-state index in [1.165, 1.54) is 6.20 Å². The molecule has 0 spiro atoms. The van der Waals surface area contributed by atoms with Crippen LogP contribution in [0.1, 0.15) is 40.5 Å². The molecule has 7 rings (SSSR count). The number of halogens is 2. The normalized spacial score (nSPS) is 30.9. The van der Waals surface area contributed by atoms with Crippen LogP contribution in [-0.2, 0) is 9.31 Å². The fourth-order valence-electron chi connectivity index (χ4n) is 6.70. The minimum absolute atomic E-state index is 0.0659. The molecule has 9 heteroatoms. The predicted molar refractivity (Wildman–Crippen MR) is 130 cm³/mol. The van der Waals surface area contributed by atoms with Crippen molar-refractivity contribution >= 4 is 29.2 Å². The van der Waals surface area contributed by atoms with Gasteiger partial charge in [0.1, 0.15) is 5.75 Å². The molecule has 2 bridgehead atoms. The summed E-state index contributed by atoms with van der Waals surface area (Å²) in [5.41, 5.74) is 8.36. The number of alkyl halides is 2. The van der Waals surface area contributed by atoms with Gasteiger partial charge in [0.15, 0.2) is 0 Å². The van der Waals surface area contributed by atoms with Crippen molar-refractivity contribution < 1.29 is 22.8 Å². The van der Waals surface area contributed by atoms with Crippen LogP contribution in [0.3, 0.4) is 0 Å². The summed E-state index contributed by atoms with van der Waals surface area (Å²) in [6, 6.07) is 10.5. The number of aromatic nitrogens is 2. The highest BCUT2D eigenvalue weighted by molar-refractivity contribution is 6.62. The van der Waals surface area contributed by atoms with Crippen LogP contribution in [-0.4, -0.2) is 35.1 Å². The first-order valence-electron chi connectivity index (χ1n) is 12.0. The van der Waals surface area contributed by atoms with Gasteiger partial charge >= 0.3 is 13.7 Å². The predicted octanol–water partition coefficient (Wildman–Crippen LogP) is 4.81. The molecule has 3 aliphatic carbocycles. The number of anilines is 1. The molecule has 4 fully saturated rings. The van der Waals surface area contributed by atoms with Crippen LogP contribution < -0.4 is 15.9 Å². The molecule has 2 aromatic carbocycles. The third-order valence-corrected chi connectivity index (χ3v) is 9.01. The summed E-state index contributed by atoms with van der Waals surface area (Å²) in [4.78, 5) is 0. The lowest BCUT2D eigenvalue weighted by atomic mass is 9.41. The lowest BCUT2D eigenvalue weighted by molar-refractivity contribution is -0.234. The minimum atomic E-state index is -2.95. The second-order valence-corrected chi connectivity index (χ2v) is 11.1. The van der Waals surface area contributed by atoms with Crippen molar-refractivity contribution in [2.24, 2.45) is 17.3 Å². The molecule has 3 aromatic rings. The Hall–Kier alpha value is -2.78. The van der Waals surface area contributed by atoms with Gasteiger partial charge < -0.3 is 19.8 Å². The van der Waals surface area contributed by atoms with E-state index < -0.39 is 24.9 Å². The zero-order chi connectivity index (χ0) is 24.8. The Bertz CT molecular complexity index is 1340. The maximum absolute atomic E-state index is 13.2. The Kier molecular flexibility index (Phi) is 4.77. The Balaban J connectivity index is 1.41. The third kappa shape index (κ3) is 3.20. The highest BCUT2D eigenvalue weighted by atomic mass is 19.3. The van der Waals surface area contributed by atoms with Crippen molar-refractivity contribution in [2.45, 2.75) is 58.4 Å². The van der Waals surface area contributed by atoms with Crippen molar-refractivity contribution in [3.05, 3.63) is 42.6 Å². The Morgan fingerprint density at radius 3 is 2.66 bits per heavy atom. The topological polar surface area (TPSA) is 79.5 Å². The molecular weight excluding hydrogens is 451 g/mol. The highest BCUT2D eigenvalue weighted by Crippen LogP contribution is 2.69. The lowest BCUT2D eigenvalue weighted by Crippen LogP contribution is -2.70. The minimum Gasteiger partial charge on any atom is -0.434 e. The van der Waals surface area contributed by atoms with Gasteiger partial charge in [0.2, 0.25) is 0 Å². The summed E-state index contributed by atoms with van der Waals surface area (Å²) in [5, 5.41) is 8.80. The zero-order valence-electron chi connectivity index (χ0n) is 20.2. The number of hydrogen-bond acceptors (Lipinski definition) is 6. The molecular formula is C26H28BF2N3O3. The SMILES string of the molecule is CC1(C)[C@@H]2C[C@H]1[C@@]1(C)OB(c3ccc(OC(F)F)c(-c4ccc5c(N)cnnc5c4)c3)O[C@@]1(C)C2. The molecule has 4 atom stereocenters. The molecule has 35 heavy (non-hydrogen) atoms. The molecule has 1 saturated heterocycles. The maximum atomic E-state index is 13.2. The summed E-state index contributed by atoms with van der Waals surface area (Å²) >= 11 is 0. The molecule has 182 valence electrons. The Morgan fingerprint density at radius 2 is 1.91 bits per heavy atom. The van der Waals surface area contributed by atoms with Crippen LogP contribution in [0.25, 0.3) is 22.0 Å². The van der Waals surface area contributed by atoms with Gasteiger partial charge in [0.25, 0.3) is 0 Å².